The summed E-state index contributed by atoms with van der Waals surface area (Å²) in [5.74, 6) is 0. The van der Waals surface area contributed by atoms with Gasteiger partial charge < -0.3 is 10.5 Å². The van der Waals surface area contributed by atoms with Crippen LogP contribution >= 0.6 is 0 Å². The molecule has 1 amide bonds. The molecule has 1 atom stereocenters. The Morgan fingerprint density at radius 2 is 1.82 bits per heavy atom. The van der Waals surface area contributed by atoms with Crippen molar-refractivity contribution in [3.05, 3.63) is 12.2 Å². The molecule has 1 unspecified atom stereocenters. The lowest BCUT2D eigenvalue weighted by atomic mass is 10.0. The molecule has 3 nitrogen and oxygen atoms in total. The molecule has 3 heteroatoms. The highest BCUT2D eigenvalue weighted by Gasteiger charge is 2.11. The van der Waals surface area contributed by atoms with Crippen LogP contribution in [0.3, 0.4) is 0 Å². The number of carbonyl (C=O) groups is 1. The highest BCUT2D eigenvalue weighted by atomic mass is 16.6. The Balaban J connectivity index is -0.000000329. The Kier molecular flexibility index (Phi) is 16.2. The molecule has 0 spiro atoms. The van der Waals surface area contributed by atoms with E-state index >= 15 is 0 Å². The fraction of sp³-hybridized carbons (Fsp3) is 0.786. The normalized spacial score (nSPS) is 20.4. The van der Waals surface area contributed by atoms with Gasteiger partial charge in [0.2, 0.25) is 0 Å². The molecule has 0 aromatic carbocycles. The van der Waals surface area contributed by atoms with Gasteiger partial charge in [-0.3, -0.25) is 0 Å². The summed E-state index contributed by atoms with van der Waals surface area (Å²) in [7, 11) is 0. The summed E-state index contributed by atoms with van der Waals surface area (Å²) < 4.78 is 4.93. The molecule has 0 fully saturated rings. The van der Waals surface area contributed by atoms with E-state index in [1.54, 1.807) is 0 Å². The number of ether oxygens (including phenoxy) is 1. The van der Waals surface area contributed by atoms with Crippen molar-refractivity contribution in [2.75, 3.05) is 0 Å². The number of hydrogen-bond acceptors (Lipinski definition) is 2. The molecule has 0 saturated carbocycles. The summed E-state index contributed by atoms with van der Waals surface area (Å²) in [4.78, 5) is 10.4. The van der Waals surface area contributed by atoms with Crippen LogP contribution in [0.4, 0.5) is 4.79 Å². The van der Waals surface area contributed by atoms with Crippen LogP contribution in [0.25, 0.3) is 0 Å². The van der Waals surface area contributed by atoms with Gasteiger partial charge in [0, 0.05) is 1.43 Å². The van der Waals surface area contributed by atoms with Gasteiger partial charge in [-0.1, -0.05) is 46.3 Å². The molecular weight excluding hydrogens is 214 g/mol. The Labute approximate surface area is 108 Å². The second-order valence-corrected chi connectivity index (χ2v) is 3.75. The fourth-order valence-electron chi connectivity index (χ4n) is 1.41. The smallest absolute Gasteiger partial charge is 0.404 e. The number of hydrogen-bond donors (Lipinski definition) is 1. The molecule has 0 aliphatic heterocycles. The first-order valence-electron chi connectivity index (χ1n) is 6.81. The van der Waals surface area contributed by atoms with E-state index in [9.17, 15) is 4.79 Å². The van der Waals surface area contributed by atoms with Crippen LogP contribution < -0.4 is 5.73 Å². The second kappa shape index (κ2) is 15.0. The number of nitrogens with two attached hydrogens (primary N) is 1. The predicted molar refractivity (Wildman–Crippen MR) is 76.1 cm³/mol. The highest BCUT2D eigenvalue weighted by molar-refractivity contribution is 5.64. The lowest BCUT2D eigenvalue weighted by Crippen LogP contribution is -2.22. The third-order valence-electron chi connectivity index (χ3n) is 2.00. The molecule has 0 aromatic heterocycles. The summed E-state index contributed by atoms with van der Waals surface area (Å²) in [6, 6.07) is 0. The van der Waals surface area contributed by atoms with Crippen LogP contribution in [0.5, 0.6) is 0 Å². The van der Waals surface area contributed by atoms with Crippen molar-refractivity contribution in [2.45, 2.75) is 72.3 Å². The second-order valence-electron chi connectivity index (χ2n) is 3.75. The fourth-order valence-corrected chi connectivity index (χ4v) is 1.41. The summed E-state index contributed by atoms with van der Waals surface area (Å²) in [5.41, 5.74) is 4.93. The Bertz CT molecular complexity index is 196. The van der Waals surface area contributed by atoms with E-state index in [1.165, 1.54) is 6.42 Å². The Morgan fingerprint density at radius 1 is 1.29 bits per heavy atom. The number of primary amides is 1. The van der Waals surface area contributed by atoms with E-state index in [0.717, 1.165) is 32.1 Å². The predicted octanol–water partition coefficient (Wildman–Crippen LogP) is 4.66. The van der Waals surface area contributed by atoms with Gasteiger partial charge in [-0.15, -0.1) is 0 Å². The third-order valence-corrected chi connectivity index (χ3v) is 2.00. The first-order chi connectivity index (χ1) is 8.20. The first-order valence-corrected chi connectivity index (χ1v) is 6.81. The minimum Gasteiger partial charge on any atom is -0.446 e. The van der Waals surface area contributed by atoms with Crippen molar-refractivity contribution in [3.8, 4) is 0 Å². The summed E-state index contributed by atoms with van der Waals surface area (Å²) >= 11 is 0. The molecule has 104 valence electrons. The first kappa shape index (κ1) is 18.4. The Hall–Kier alpha value is -0.990. The van der Waals surface area contributed by atoms with E-state index in [2.05, 4.69) is 26.0 Å². The van der Waals surface area contributed by atoms with E-state index < -0.39 is 6.09 Å². The zero-order valence-corrected chi connectivity index (χ0v) is 11.9. The van der Waals surface area contributed by atoms with Crippen molar-refractivity contribution < 1.29 is 11.0 Å². The topological polar surface area (TPSA) is 52.3 Å². The molecule has 1 aliphatic rings. The van der Waals surface area contributed by atoms with E-state index in [0.29, 0.717) is 0 Å². The van der Waals surface area contributed by atoms with Crippen LogP contribution in [0.1, 0.15) is 67.6 Å². The average molecular weight is 245 g/mol. The average Bonchev–Trinajstić information content (AvgIpc) is 2.25. The largest absolute Gasteiger partial charge is 0.446 e. The molecule has 0 bridgehead atoms. The van der Waals surface area contributed by atoms with Gasteiger partial charge in [0.05, 0.1) is 0 Å². The zero-order chi connectivity index (χ0) is 13.5. The maximum absolute atomic E-state index is 10.4. The summed E-state index contributed by atoms with van der Waals surface area (Å²) in [6.45, 7) is 8.25. The van der Waals surface area contributed by atoms with Gasteiger partial charge in [-0.25, -0.2) is 4.79 Å². The van der Waals surface area contributed by atoms with Crippen LogP contribution in [-0.2, 0) is 4.74 Å². The van der Waals surface area contributed by atoms with Crippen molar-refractivity contribution >= 4 is 6.09 Å². The highest BCUT2D eigenvalue weighted by Crippen LogP contribution is 2.14. The van der Waals surface area contributed by atoms with Crippen molar-refractivity contribution in [3.63, 3.8) is 0 Å². The van der Waals surface area contributed by atoms with E-state index in [1.807, 2.05) is 13.8 Å². The number of allylic oxidation sites excluding steroid dienone is 2. The molecular formula is C14H31NO2. The van der Waals surface area contributed by atoms with Gasteiger partial charge in [0.15, 0.2) is 0 Å². The Morgan fingerprint density at radius 3 is 2.35 bits per heavy atom. The molecule has 0 radical (unpaired) electrons. The van der Waals surface area contributed by atoms with Crippen molar-refractivity contribution in [2.24, 2.45) is 5.73 Å². The molecule has 0 aromatic rings. The molecule has 1 aliphatic carbocycles. The van der Waals surface area contributed by atoms with Crippen molar-refractivity contribution in [1.29, 1.82) is 0 Å². The lowest BCUT2D eigenvalue weighted by Gasteiger charge is -2.16. The molecule has 17 heavy (non-hydrogen) atoms. The van der Waals surface area contributed by atoms with E-state index in [4.69, 9.17) is 10.5 Å². The molecule has 1 rings (SSSR count). The van der Waals surface area contributed by atoms with Crippen molar-refractivity contribution in [1.82, 2.24) is 0 Å². The number of rotatable bonds is 1. The number of amides is 1. The molecule has 0 heterocycles. The summed E-state index contributed by atoms with van der Waals surface area (Å²) in [6.07, 6.45) is 9.94. The maximum atomic E-state index is 10.4. The standard InChI is InChI=1S/C9H15NO2.C3H8.C2H6.H2/c10-9(11)12-8-6-4-2-1-3-5-7-8;1-3-2;1-2;/h1-2,8H,3-7H2,(H2,10,11);3H2,1-2H3;1-2H3;1H/b2-1+;;;. The van der Waals surface area contributed by atoms with Gasteiger partial charge in [-0.2, -0.15) is 0 Å². The van der Waals surface area contributed by atoms with Crippen LogP contribution in [0.15, 0.2) is 12.2 Å². The quantitative estimate of drug-likeness (QED) is 0.683. The summed E-state index contributed by atoms with van der Waals surface area (Å²) in [5, 5.41) is 0. The zero-order valence-electron chi connectivity index (χ0n) is 11.9. The lowest BCUT2D eigenvalue weighted by molar-refractivity contribution is 0.0946. The van der Waals surface area contributed by atoms with Crippen LogP contribution in [0, 0.1) is 0 Å². The monoisotopic (exact) mass is 245 g/mol. The third kappa shape index (κ3) is 15.0. The molecule has 0 saturated heterocycles. The maximum Gasteiger partial charge on any atom is 0.404 e. The van der Waals surface area contributed by atoms with Gasteiger partial charge in [-0.05, 0) is 32.1 Å². The molecule has 2 N–H and O–H groups in total. The van der Waals surface area contributed by atoms with Crippen LogP contribution in [-0.4, -0.2) is 12.2 Å². The minimum absolute atomic E-state index is 0. The van der Waals surface area contributed by atoms with Gasteiger partial charge in [0.25, 0.3) is 0 Å². The van der Waals surface area contributed by atoms with Gasteiger partial charge >= 0.3 is 6.09 Å². The number of carbonyl (C=O) groups excluding carboxylic acids is 1. The van der Waals surface area contributed by atoms with Crippen LogP contribution in [0.2, 0.25) is 0 Å². The SMILES string of the molecule is CC.CCC.NC(=O)OC1CC/C=C/CCC1.[HH]. The van der Waals surface area contributed by atoms with Gasteiger partial charge in [0.1, 0.15) is 6.10 Å². The van der Waals surface area contributed by atoms with E-state index in [-0.39, 0.29) is 7.53 Å². The minimum atomic E-state index is -0.649.